The zero-order chi connectivity index (χ0) is 10.8. The molecule has 0 aromatic carbocycles. The van der Waals surface area contributed by atoms with E-state index in [0.717, 1.165) is 0 Å². The molecule has 0 amide bonds. The lowest BCUT2D eigenvalue weighted by Crippen LogP contribution is -2.04. The van der Waals surface area contributed by atoms with E-state index in [9.17, 15) is 9.59 Å². The molecule has 5 heteroatoms. The van der Waals surface area contributed by atoms with Gasteiger partial charge in [-0.15, -0.1) is 0 Å². The standard InChI is InChI=1S/C10H10N2O3/c1-15-10(14)4-7-6-12-3-2-8(13)5-9(12)11-7/h2-3,5-6,11H,4H2,1H3. The van der Waals surface area contributed by atoms with E-state index in [1.54, 1.807) is 16.8 Å². The number of esters is 1. The predicted octanol–water partition coefficient (Wildman–Crippen LogP) is 0.343. The quantitative estimate of drug-likeness (QED) is 0.721. The number of imidazole rings is 1. The van der Waals surface area contributed by atoms with Gasteiger partial charge in [-0.25, -0.2) is 0 Å². The SMILES string of the molecule is COC(=O)Cc1cn2ccc(=O)cc2[nH]1. The summed E-state index contributed by atoms with van der Waals surface area (Å²) in [4.78, 5) is 25.0. The largest absolute Gasteiger partial charge is 0.469 e. The molecule has 0 bridgehead atoms. The molecular formula is C10H10N2O3. The molecule has 0 aliphatic heterocycles. The molecule has 0 atom stereocenters. The fourth-order valence-corrected chi connectivity index (χ4v) is 1.39. The summed E-state index contributed by atoms with van der Waals surface area (Å²) in [7, 11) is 1.34. The van der Waals surface area contributed by atoms with Crippen LogP contribution in [0.2, 0.25) is 0 Å². The number of aromatic nitrogens is 2. The van der Waals surface area contributed by atoms with E-state index in [0.29, 0.717) is 11.3 Å². The molecule has 0 aliphatic carbocycles. The summed E-state index contributed by atoms with van der Waals surface area (Å²) in [6.45, 7) is 0. The number of pyridine rings is 1. The molecule has 0 radical (unpaired) electrons. The third-order valence-electron chi connectivity index (χ3n) is 2.10. The molecule has 15 heavy (non-hydrogen) atoms. The van der Waals surface area contributed by atoms with E-state index in [4.69, 9.17) is 0 Å². The monoisotopic (exact) mass is 206 g/mol. The van der Waals surface area contributed by atoms with Crippen LogP contribution in [0, 0.1) is 0 Å². The average Bonchev–Trinajstić information content (AvgIpc) is 2.59. The number of hydrogen-bond acceptors (Lipinski definition) is 3. The topological polar surface area (TPSA) is 63.6 Å². The molecular weight excluding hydrogens is 196 g/mol. The number of H-pyrrole nitrogens is 1. The van der Waals surface area contributed by atoms with Gasteiger partial charge in [-0.3, -0.25) is 9.59 Å². The van der Waals surface area contributed by atoms with Crippen LogP contribution in [0.1, 0.15) is 5.69 Å². The van der Waals surface area contributed by atoms with Gasteiger partial charge in [0.15, 0.2) is 5.43 Å². The smallest absolute Gasteiger partial charge is 0.311 e. The lowest BCUT2D eigenvalue weighted by Gasteiger charge is -1.93. The summed E-state index contributed by atoms with van der Waals surface area (Å²) in [5.41, 5.74) is 1.32. The molecule has 2 rings (SSSR count). The van der Waals surface area contributed by atoms with Crippen molar-refractivity contribution in [2.75, 3.05) is 7.11 Å². The van der Waals surface area contributed by atoms with Crippen molar-refractivity contribution in [3.05, 3.63) is 40.4 Å². The van der Waals surface area contributed by atoms with Crippen LogP contribution in [0.3, 0.4) is 0 Å². The Kier molecular flexibility index (Phi) is 2.29. The number of fused-ring (bicyclic) bond motifs is 1. The number of carbonyl (C=O) groups is 1. The number of ether oxygens (including phenoxy) is 1. The second-order valence-electron chi connectivity index (χ2n) is 3.19. The number of rotatable bonds is 2. The van der Waals surface area contributed by atoms with Crippen molar-refractivity contribution in [3.63, 3.8) is 0 Å². The third-order valence-corrected chi connectivity index (χ3v) is 2.10. The Bertz CT molecular complexity index is 553. The van der Waals surface area contributed by atoms with Crippen molar-refractivity contribution in [2.24, 2.45) is 0 Å². The van der Waals surface area contributed by atoms with E-state index < -0.39 is 0 Å². The van der Waals surface area contributed by atoms with Crippen LogP contribution in [0.15, 0.2) is 29.3 Å². The van der Waals surface area contributed by atoms with Crippen molar-refractivity contribution in [2.45, 2.75) is 6.42 Å². The molecule has 2 aromatic rings. The summed E-state index contributed by atoms with van der Waals surface area (Å²) in [5, 5.41) is 0. The Balaban J connectivity index is 2.39. The molecule has 1 N–H and O–H groups in total. The van der Waals surface area contributed by atoms with Gasteiger partial charge in [0.25, 0.3) is 0 Å². The fourth-order valence-electron chi connectivity index (χ4n) is 1.39. The van der Waals surface area contributed by atoms with Crippen molar-refractivity contribution in [1.29, 1.82) is 0 Å². The summed E-state index contributed by atoms with van der Waals surface area (Å²) in [5.74, 6) is -0.315. The van der Waals surface area contributed by atoms with Gasteiger partial charge in [-0.2, -0.15) is 0 Å². The van der Waals surface area contributed by atoms with E-state index in [2.05, 4.69) is 9.72 Å². The Morgan fingerprint density at radius 2 is 2.40 bits per heavy atom. The maximum Gasteiger partial charge on any atom is 0.311 e. The summed E-state index contributed by atoms with van der Waals surface area (Å²) >= 11 is 0. The van der Waals surface area contributed by atoms with Gasteiger partial charge in [-0.1, -0.05) is 0 Å². The van der Waals surface area contributed by atoms with Crippen LogP contribution in [-0.2, 0) is 16.0 Å². The molecule has 0 saturated heterocycles. The number of aromatic amines is 1. The molecule has 0 fully saturated rings. The third kappa shape index (κ3) is 1.90. The maximum atomic E-state index is 11.0. The first-order chi connectivity index (χ1) is 7.19. The molecule has 0 saturated carbocycles. The second kappa shape index (κ2) is 3.61. The first-order valence-corrected chi connectivity index (χ1v) is 4.46. The first-order valence-electron chi connectivity index (χ1n) is 4.46. The highest BCUT2D eigenvalue weighted by molar-refractivity contribution is 5.72. The van der Waals surface area contributed by atoms with E-state index in [1.165, 1.54) is 19.2 Å². The van der Waals surface area contributed by atoms with Crippen molar-refractivity contribution >= 4 is 11.6 Å². The summed E-state index contributed by atoms with van der Waals surface area (Å²) in [6.07, 6.45) is 3.58. The van der Waals surface area contributed by atoms with E-state index in [-0.39, 0.29) is 17.8 Å². The summed E-state index contributed by atoms with van der Waals surface area (Å²) in [6, 6.07) is 2.93. The maximum absolute atomic E-state index is 11.0. The molecule has 0 spiro atoms. The van der Waals surface area contributed by atoms with E-state index in [1.807, 2.05) is 0 Å². The summed E-state index contributed by atoms with van der Waals surface area (Å²) < 4.78 is 6.29. The Morgan fingerprint density at radius 3 is 3.13 bits per heavy atom. The number of carbonyl (C=O) groups excluding carboxylic acids is 1. The first kappa shape index (κ1) is 9.51. The Labute approximate surface area is 85.3 Å². The Morgan fingerprint density at radius 1 is 1.60 bits per heavy atom. The minimum absolute atomic E-state index is 0.0681. The highest BCUT2D eigenvalue weighted by atomic mass is 16.5. The van der Waals surface area contributed by atoms with Gasteiger partial charge in [0.05, 0.1) is 13.5 Å². The zero-order valence-corrected chi connectivity index (χ0v) is 8.19. The van der Waals surface area contributed by atoms with Crippen molar-refractivity contribution in [1.82, 2.24) is 9.38 Å². The van der Waals surface area contributed by atoms with Crippen LogP contribution in [0.5, 0.6) is 0 Å². The zero-order valence-electron chi connectivity index (χ0n) is 8.19. The van der Waals surface area contributed by atoms with Crippen molar-refractivity contribution in [3.8, 4) is 0 Å². The van der Waals surface area contributed by atoms with Gasteiger partial charge >= 0.3 is 5.97 Å². The van der Waals surface area contributed by atoms with E-state index >= 15 is 0 Å². The predicted molar refractivity (Wildman–Crippen MR) is 53.7 cm³/mol. The number of methoxy groups -OCH3 is 1. The van der Waals surface area contributed by atoms with Crippen LogP contribution in [-0.4, -0.2) is 22.5 Å². The highest BCUT2D eigenvalue weighted by Gasteiger charge is 2.05. The van der Waals surface area contributed by atoms with Gasteiger partial charge in [0.1, 0.15) is 5.65 Å². The van der Waals surface area contributed by atoms with Crippen LogP contribution < -0.4 is 5.43 Å². The molecule has 78 valence electrons. The number of nitrogens with zero attached hydrogens (tertiary/aromatic N) is 1. The lowest BCUT2D eigenvalue weighted by atomic mass is 10.3. The Hall–Kier alpha value is -2.04. The minimum atomic E-state index is -0.315. The molecule has 0 aliphatic rings. The average molecular weight is 206 g/mol. The number of hydrogen-bond donors (Lipinski definition) is 1. The number of nitrogens with one attached hydrogen (secondary N) is 1. The molecule has 2 heterocycles. The highest BCUT2D eigenvalue weighted by Crippen LogP contribution is 2.03. The molecule has 2 aromatic heterocycles. The normalized spacial score (nSPS) is 10.5. The lowest BCUT2D eigenvalue weighted by molar-refractivity contribution is -0.139. The minimum Gasteiger partial charge on any atom is -0.469 e. The van der Waals surface area contributed by atoms with Gasteiger partial charge in [0.2, 0.25) is 0 Å². The van der Waals surface area contributed by atoms with Gasteiger partial charge in [0, 0.05) is 30.2 Å². The van der Waals surface area contributed by atoms with Crippen LogP contribution >= 0.6 is 0 Å². The van der Waals surface area contributed by atoms with Gasteiger partial charge in [-0.05, 0) is 0 Å². The molecule has 5 nitrogen and oxygen atoms in total. The fraction of sp³-hybridized carbons (Fsp3) is 0.200. The van der Waals surface area contributed by atoms with Crippen LogP contribution in [0.25, 0.3) is 5.65 Å². The molecule has 0 unspecified atom stereocenters. The van der Waals surface area contributed by atoms with Crippen molar-refractivity contribution < 1.29 is 9.53 Å². The van der Waals surface area contributed by atoms with Gasteiger partial charge < -0.3 is 14.1 Å². The van der Waals surface area contributed by atoms with Crippen LogP contribution in [0.4, 0.5) is 0 Å². The second-order valence-corrected chi connectivity index (χ2v) is 3.19.